The quantitative estimate of drug-likeness (QED) is 0.573. The first-order chi connectivity index (χ1) is 9.31. The summed E-state index contributed by atoms with van der Waals surface area (Å²) in [5.41, 5.74) is 1.27. The number of nitrogens with zero attached hydrogens (tertiary/aromatic N) is 2. The summed E-state index contributed by atoms with van der Waals surface area (Å²) in [5.74, 6) is 0.614. The minimum Gasteiger partial charge on any atom is -0.467 e. The smallest absolute Gasteiger partial charge is 0.316 e. The minimum absolute atomic E-state index is 0.462. The first kappa shape index (κ1) is 15.9. The van der Waals surface area contributed by atoms with Crippen molar-refractivity contribution in [2.24, 2.45) is 0 Å². The molecule has 3 heteroatoms. The Balaban J connectivity index is 2.55. The average molecular weight is 264 g/mol. The fourth-order valence-electron chi connectivity index (χ4n) is 2.39. The van der Waals surface area contributed by atoms with Crippen LogP contribution in [0.4, 0.5) is 0 Å². The van der Waals surface area contributed by atoms with Crippen LogP contribution in [-0.4, -0.2) is 17.1 Å². The summed E-state index contributed by atoms with van der Waals surface area (Å²) in [7, 11) is 1.61. The molecule has 0 saturated heterocycles. The molecule has 3 nitrogen and oxygen atoms in total. The topological polar surface area (TPSA) is 35.0 Å². The zero-order valence-electron chi connectivity index (χ0n) is 12.7. The summed E-state index contributed by atoms with van der Waals surface area (Å²) >= 11 is 0. The summed E-state index contributed by atoms with van der Waals surface area (Å²) in [6.45, 7) is 4.50. The van der Waals surface area contributed by atoms with Crippen molar-refractivity contribution in [1.82, 2.24) is 9.97 Å². The maximum atomic E-state index is 5.02. The molecule has 0 aliphatic carbocycles. The van der Waals surface area contributed by atoms with Crippen molar-refractivity contribution in [3.63, 3.8) is 0 Å². The van der Waals surface area contributed by atoms with Gasteiger partial charge in [-0.3, -0.25) is 0 Å². The van der Waals surface area contributed by atoms with Crippen molar-refractivity contribution in [2.75, 3.05) is 7.11 Å². The maximum absolute atomic E-state index is 5.02. The third kappa shape index (κ3) is 6.04. The van der Waals surface area contributed by atoms with E-state index in [4.69, 9.17) is 4.74 Å². The SMILES string of the molecule is CCCCCCC(CCCC)c1cnc(OC)nc1. The molecule has 0 radical (unpaired) electrons. The Bertz CT molecular complexity index is 324. The molecule has 1 atom stereocenters. The highest BCUT2D eigenvalue weighted by Crippen LogP contribution is 2.27. The van der Waals surface area contributed by atoms with Crippen molar-refractivity contribution in [3.05, 3.63) is 18.0 Å². The van der Waals surface area contributed by atoms with Gasteiger partial charge in [-0.25, -0.2) is 9.97 Å². The van der Waals surface area contributed by atoms with Crippen molar-refractivity contribution >= 4 is 0 Å². The van der Waals surface area contributed by atoms with Crippen molar-refractivity contribution in [3.8, 4) is 6.01 Å². The minimum atomic E-state index is 0.462. The van der Waals surface area contributed by atoms with E-state index in [2.05, 4.69) is 23.8 Å². The van der Waals surface area contributed by atoms with Gasteiger partial charge in [-0.15, -0.1) is 0 Å². The Labute approximate surface area is 117 Å². The third-order valence-corrected chi connectivity index (χ3v) is 3.61. The van der Waals surface area contributed by atoms with Gasteiger partial charge in [-0.2, -0.15) is 0 Å². The fourth-order valence-corrected chi connectivity index (χ4v) is 2.39. The van der Waals surface area contributed by atoms with E-state index in [0.717, 1.165) is 0 Å². The van der Waals surface area contributed by atoms with Crippen LogP contribution in [0.3, 0.4) is 0 Å². The predicted octanol–water partition coefficient (Wildman–Crippen LogP) is 4.73. The monoisotopic (exact) mass is 264 g/mol. The van der Waals surface area contributed by atoms with Gasteiger partial charge < -0.3 is 4.74 Å². The Kier molecular flexibility index (Phi) is 8.19. The second-order valence-corrected chi connectivity index (χ2v) is 5.19. The van der Waals surface area contributed by atoms with Crippen LogP contribution in [-0.2, 0) is 0 Å². The number of hydrogen-bond acceptors (Lipinski definition) is 3. The molecule has 0 aliphatic heterocycles. The van der Waals surface area contributed by atoms with Gasteiger partial charge >= 0.3 is 6.01 Å². The maximum Gasteiger partial charge on any atom is 0.316 e. The van der Waals surface area contributed by atoms with E-state index in [0.29, 0.717) is 11.9 Å². The Morgan fingerprint density at radius 3 is 2.16 bits per heavy atom. The summed E-state index contributed by atoms with van der Waals surface area (Å²) in [6, 6.07) is 0.462. The molecule has 0 fully saturated rings. The molecule has 19 heavy (non-hydrogen) atoms. The fraction of sp³-hybridized carbons (Fsp3) is 0.750. The summed E-state index contributed by atoms with van der Waals surface area (Å²) in [5, 5.41) is 0. The van der Waals surface area contributed by atoms with Crippen molar-refractivity contribution in [1.29, 1.82) is 0 Å². The van der Waals surface area contributed by atoms with Crippen LogP contribution in [0.5, 0.6) is 6.01 Å². The molecule has 0 saturated carbocycles. The van der Waals surface area contributed by atoms with Crippen LogP contribution in [0.15, 0.2) is 12.4 Å². The molecular weight excluding hydrogens is 236 g/mol. The highest BCUT2D eigenvalue weighted by atomic mass is 16.5. The molecule has 1 rings (SSSR count). The van der Waals surface area contributed by atoms with E-state index in [1.807, 2.05) is 12.4 Å². The number of hydrogen-bond donors (Lipinski definition) is 0. The molecule has 0 spiro atoms. The van der Waals surface area contributed by atoms with Gasteiger partial charge in [-0.1, -0.05) is 52.4 Å². The van der Waals surface area contributed by atoms with Gasteiger partial charge in [0.05, 0.1) is 7.11 Å². The van der Waals surface area contributed by atoms with E-state index < -0.39 is 0 Å². The van der Waals surface area contributed by atoms with E-state index >= 15 is 0 Å². The Hall–Kier alpha value is -1.12. The van der Waals surface area contributed by atoms with E-state index in [1.165, 1.54) is 56.9 Å². The summed E-state index contributed by atoms with van der Waals surface area (Å²) < 4.78 is 5.02. The zero-order chi connectivity index (χ0) is 13.9. The highest BCUT2D eigenvalue weighted by Gasteiger charge is 2.12. The van der Waals surface area contributed by atoms with Crippen LogP contribution in [0, 0.1) is 0 Å². The lowest BCUT2D eigenvalue weighted by atomic mass is 9.90. The second kappa shape index (κ2) is 9.76. The Morgan fingerprint density at radius 2 is 1.58 bits per heavy atom. The molecule has 1 aromatic rings. The van der Waals surface area contributed by atoms with E-state index in [-0.39, 0.29) is 0 Å². The predicted molar refractivity (Wildman–Crippen MR) is 79.6 cm³/mol. The van der Waals surface area contributed by atoms with Crippen LogP contribution >= 0.6 is 0 Å². The molecular formula is C16H28N2O. The third-order valence-electron chi connectivity index (χ3n) is 3.61. The lowest BCUT2D eigenvalue weighted by Gasteiger charge is -2.16. The lowest BCUT2D eigenvalue weighted by molar-refractivity contribution is 0.378. The lowest BCUT2D eigenvalue weighted by Crippen LogP contribution is -2.02. The zero-order valence-corrected chi connectivity index (χ0v) is 12.7. The molecule has 1 unspecified atom stereocenters. The van der Waals surface area contributed by atoms with E-state index in [9.17, 15) is 0 Å². The van der Waals surface area contributed by atoms with Gasteiger partial charge in [0.25, 0.3) is 0 Å². The highest BCUT2D eigenvalue weighted by molar-refractivity contribution is 5.13. The molecule has 108 valence electrons. The van der Waals surface area contributed by atoms with Crippen molar-refractivity contribution in [2.45, 2.75) is 71.1 Å². The first-order valence-electron chi connectivity index (χ1n) is 7.67. The van der Waals surface area contributed by atoms with Crippen LogP contribution in [0.2, 0.25) is 0 Å². The molecule has 0 amide bonds. The first-order valence-corrected chi connectivity index (χ1v) is 7.67. The average Bonchev–Trinajstić information content (AvgIpc) is 2.47. The number of aromatic nitrogens is 2. The number of ether oxygens (including phenoxy) is 1. The van der Waals surface area contributed by atoms with Gasteiger partial charge in [0.2, 0.25) is 0 Å². The molecule has 0 bridgehead atoms. The molecule has 1 aromatic heterocycles. The van der Waals surface area contributed by atoms with Gasteiger partial charge in [-0.05, 0) is 24.3 Å². The number of rotatable bonds is 10. The number of unbranched alkanes of at least 4 members (excludes halogenated alkanes) is 4. The second-order valence-electron chi connectivity index (χ2n) is 5.19. The van der Waals surface area contributed by atoms with Gasteiger partial charge in [0.15, 0.2) is 0 Å². The largest absolute Gasteiger partial charge is 0.467 e. The molecule has 1 heterocycles. The Morgan fingerprint density at radius 1 is 0.947 bits per heavy atom. The van der Waals surface area contributed by atoms with Crippen LogP contribution < -0.4 is 4.74 Å². The van der Waals surface area contributed by atoms with Crippen molar-refractivity contribution < 1.29 is 4.74 Å². The summed E-state index contributed by atoms with van der Waals surface area (Å²) in [4.78, 5) is 8.47. The van der Waals surface area contributed by atoms with E-state index in [1.54, 1.807) is 7.11 Å². The number of methoxy groups -OCH3 is 1. The molecule has 0 aromatic carbocycles. The summed E-state index contributed by atoms with van der Waals surface area (Å²) in [6.07, 6.45) is 14.2. The normalized spacial score (nSPS) is 12.4. The van der Waals surface area contributed by atoms with Gasteiger partial charge in [0.1, 0.15) is 0 Å². The van der Waals surface area contributed by atoms with Gasteiger partial charge in [0, 0.05) is 12.4 Å². The van der Waals surface area contributed by atoms with Crippen LogP contribution in [0.1, 0.15) is 76.7 Å². The standard InChI is InChI=1S/C16H28N2O/c1-4-6-8-9-11-14(10-7-5-2)15-12-17-16(19-3)18-13-15/h12-14H,4-11H2,1-3H3. The van der Waals surface area contributed by atoms with Crippen LogP contribution in [0.25, 0.3) is 0 Å². The molecule has 0 N–H and O–H groups in total. The molecule has 0 aliphatic rings.